The molecule has 1 aliphatic heterocycles. The molecule has 1 aliphatic rings. The first-order chi connectivity index (χ1) is 6.14. The van der Waals surface area contributed by atoms with Crippen molar-refractivity contribution >= 4 is 5.97 Å². The van der Waals surface area contributed by atoms with Gasteiger partial charge < -0.3 is 0 Å². The summed E-state index contributed by atoms with van der Waals surface area (Å²) in [6.45, 7) is 1.36. The quantitative estimate of drug-likeness (QED) is 0.514. The fourth-order valence-electron chi connectivity index (χ4n) is 1.12. The third kappa shape index (κ3) is 1.78. The molecular formula is C7H9NO5. The molecule has 2 unspecified atom stereocenters. The van der Waals surface area contributed by atoms with Gasteiger partial charge in [0, 0.05) is 6.42 Å². The van der Waals surface area contributed by atoms with Gasteiger partial charge >= 0.3 is 5.97 Å². The Balaban J connectivity index is 2.66. The van der Waals surface area contributed by atoms with Crippen molar-refractivity contribution in [3.8, 4) is 6.07 Å². The number of hydrogen-bond acceptors (Lipinski definition) is 6. The number of rotatable bonds is 3. The van der Waals surface area contributed by atoms with Crippen LogP contribution >= 0.6 is 0 Å². The summed E-state index contributed by atoms with van der Waals surface area (Å²) < 4.78 is 0. The van der Waals surface area contributed by atoms with Crippen LogP contribution in [-0.2, 0) is 19.5 Å². The Morgan fingerprint density at radius 2 is 2.54 bits per heavy atom. The molecule has 0 aromatic rings. The number of nitriles is 1. The summed E-state index contributed by atoms with van der Waals surface area (Å²) in [4.78, 5) is 23.7. The first-order valence-corrected chi connectivity index (χ1v) is 3.73. The number of carbonyl (C=O) groups is 1. The van der Waals surface area contributed by atoms with Gasteiger partial charge in [-0.05, 0) is 13.3 Å². The first-order valence-electron chi connectivity index (χ1n) is 3.73. The van der Waals surface area contributed by atoms with Gasteiger partial charge in [0.05, 0.1) is 6.07 Å². The van der Waals surface area contributed by atoms with Crippen molar-refractivity contribution in [3.63, 3.8) is 0 Å². The molecule has 6 nitrogen and oxygen atoms in total. The SMILES string of the molecule is CC1(OO)OOC(=O)C1CCC#N. The van der Waals surface area contributed by atoms with Crippen LogP contribution in [0.1, 0.15) is 19.8 Å². The summed E-state index contributed by atoms with van der Waals surface area (Å²) >= 11 is 0. The lowest BCUT2D eigenvalue weighted by atomic mass is 9.96. The maximum absolute atomic E-state index is 11.0. The highest BCUT2D eigenvalue weighted by molar-refractivity contribution is 5.74. The van der Waals surface area contributed by atoms with Gasteiger partial charge in [0.2, 0.25) is 0 Å². The number of carbonyl (C=O) groups excluding carboxylic acids is 1. The van der Waals surface area contributed by atoms with Crippen LogP contribution in [0.5, 0.6) is 0 Å². The van der Waals surface area contributed by atoms with Crippen LogP contribution in [0, 0.1) is 17.2 Å². The predicted octanol–water partition coefficient (Wildman–Crippen LogP) is 0.601. The van der Waals surface area contributed by atoms with Crippen molar-refractivity contribution < 1.29 is 24.7 Å². The zero-order chi connectivity index (χ0) is 9.90. The Kier molecular flexibility index (Phi) is 2.83. The zero-order valence-electron chi connectivity index (χ0n) is 7.02. The van der Waals surface area contributed by atoms with Gasteiger partial charge in [0.25, 0.3) is 5.79 Å². The van der Waals surface area contributed by atoms with E-state index in [4.69, 9.17) is 10.5 Å². The molecule has 2 atom stereocenters. The second-order valence-electron chi connectivity index (χ2n) is 2.84. The molecule has 72 valence electrons. The summed E-state index contributed by atoms with van der Waals surface area (Å²) in [6, 6.07) is 1.88. The monoisotopic (exact) mass is 187 g/mol. The lowest BCUT2D eigenvalue weighted by Crippen LogP contribution is -2.35. The summed E-state index contributed by atoms with van der Waals surface area (Å²) in [6.07, 6.45) is 0.397. The molecule has 1 saturated heterocycles. The molecule has 0 amide bonds. The van der Waals surface area contributed by atoms with Crippen molar-refractivity contribution in [2.45, 2.75) is 25.6 Å². The fourth-order valence-corrected chi connectivity index (χ4v) is 1.12. The Bertz CT molecular complexity index is 248. The van der Waals surface area contributed by atoms with Crippen LogP contribution in [0.2, 0.25) is 0 Å². The van der Waals surface area contributed by atoms with E-state index in [1.165, 1.54) is 6.92 Å². The maximum Gasteiger partial charge on any atom is 0.351 e. The van der Waals surface area contributed by atoms with Gasteiger partial charge in [-0.3, -0.25) is 4.89 Å². The fraction of sp³-hybridized carbons (Fsp3) is 0.714. The van der Waals surface area contributed by atoms with Crippen LogP contribution in [0.4, 0.5) is 0 Å². The lowest BCUT2D eigenvalue weighted by molar-refractivity contribution is -0.459. The Hall–Kier alpha value is -1.16. The molecule has 0 bridgehead atoms. The zero-order valence-corrected chi connectivity index (χ0v) is 7.02. The van der Waals surface area contributed by atoms with Crippen LogP contribution in [0.25, 0.3) is 0 Å². The van der Waals surface area contributed by atoms with E-state index >= 15 is 0 Å². The molecular weight excluding hydrogens is 178 g/mol. The van der Waals surface area contributed by atoms with Gasteiger partial charge in [-0.2, -0.15) is 10.1 Å². The van der Waals surface area contributed by atoms with Crippen molar-refractivity contribution in [3.05, 3.63) is 0 Å². The average molecular weight is 187 g/mol. The van der Waals surface area contributed by atoms with Crippen LogP contribution in [0.15, 0.2) is 0 Å². The topological polar surface area (TPSA) is 88.8 Å². The number of hydrogen-bond donors (Lipinski definition) is 1. The van der Waals surface area contributed by atoms with E-state index in [0.717, 1.165) is 0 Å². The summed E-state index contributed by atoms with van der Waals surface area (Å²) in [7, 11) is 0. The van der Waals surface area contributed by atoms with E-state index in [2.05, 4.69) is 14.7 Å². The van der Waals surface area contributed by atoms with Crippen molar-refractivity contribution in [1.29, 1.82) is 5.26 Å². The number of nitrogens with zero attached hydrogens (tertiary/aromatic N) is 1. The highest BCUT2D eigenvalue weighted by Crippen LogP contribution is 2.33. The van der Waals surface area contributed by atoms with Crippen LogP contribution in [0.3, 0.4) is 0 Å². The minimum Gasteiger partial charge on any atom is -0.295 e. The van der Waals surface area contributed by atoms with E-state index in [1.807, 2.05) is 6.07 Å². The van der Waals surface area contributed by atoms with Crippen molar-refractivity contribution in [2.24, 2.45) is 5.92 Å². The molecule has 1 heterocycles. The van der Waals surface area contributed by atoms with Crippen LogP contribution in [-0.4, -0.2) is 17.0 Å². The molecule has 1 fully saturated rings. The molecule has 0 aromatic heterocycles. The van der Waals surface area contributed by atoms with E-state index in [-0.39, 0.29) is 12.8 Å². The molecule has 13 heavy (non-hydrogen) atoms. The minimum atomic E-state index is -1.49. The molecule has 0 aromatic carbocycles. The Labute approximate surface area is 74.5 Å². The summed E-state index contributed by atoms with van der Waals surface area (Å²) in [5, 5.41) is 16.8. The Morgan fingerprint density at radius 1 is 1.85 bits per heavy atom. The molecule has 0 spiro atoms. The van der Waals surface area contributed by atoms with Gasteiger partial charge in [0.1, 0.15) is 5.92 Å². The second kappa shape index (κ2) is 3.70. The molecule has 6 heteroatoms. The van der Waals surface area contributed by atoms with Gasteiger partial charge in [-0.1, -0.05) is 0 Å². The van der Waals surface area contributed by atoms with E-state index in [0.29, 0.717) is 0 Å². The molecule has 0 saturated carbocycles. The van der Waals surface area contributed by atoms with E-state index in [9.17, 15) is 4.79 Å². The average Bonchev–Trinajstić information content (AvgIpc) is 2.41. The first kappa shape index (κ1) is 9.92. The standard InChI is InChI=1S/C7H9NO5/c1-7(12-10)5(3-2-4-8)6(9)11-13-7/h5,10H,2-3H2,1H3. The molecule has 1 rings (SSSR count). The Morgan fingerprint density at radius 3 is 3.08 bits per heavy atom. The van der Waals surface area contributed by atoms with Gasteiger partial charge in [-0.25, -0.2) is 10.1 Å². The third-order valence-corrected chi connectivity index (χ3v) is 1.93. The summed E-state index contributed by atoms with van der Waals surface area (Å²) in [5.74, 6) is -2.89. The van der Waals surface area contributed by atoms with E-state index in [1.54, 1.807) is 0 Å². The van der Waals surface area contributed by atoms with Crippen molar-refractivity contribution in [2.75, 3.05) is 0 Å². The molecule has 0 radical (unpaired) electrons. The summed E-state index contributed by atoms with van der Waals surface area (Å²) in [5.41, 5.74) is 0. The smallest absolute Gasteiger partial charge is 0.295 e. The molecule has 1 N–H and O–H groups in total. The predicted molar refractivity (Wildman–Crippen MR) is 37.6 cm³/mol. The second-order valence-corrected chi connectivity index (χ2v) is 2.84. The highest BCUT2D eigenvalue weighted by atomic mass is 17.3. The minimum absolute atomic E-state index is 0.169. The third-order valence-electron chi connectivity index (χ3n) is 1.93. The van der Waals surface area contributed by atoms with Crippen LogP contribution < -0.4 is 0 Å². The normalized spacial score (nSPS) is 32.7. The van der Waals surface area contributed by atoms with E-state index < -0.39 is 17.7 Å². The molecule has 0 aliphatic carbocycles. The lowest BCUT2D eigenvalue weighted by Gasteiger charge is -2.19. The largest absolute Gasteiger partial charge is 0.351 e. The van der Waals surface area contributed by atoms with Gasteiger partial charge in [0.15, 0.2) is 0 Å². The van der Waals surface area contributed by atoms with Gasteiger partial charge in [-0.15, -0.1) is 4.89 Å². The highest BCUT2D eigenvalue weighted by Gasteiger charge is 2.51. The maximum atomic E-state index is 11.0. The van der Waals surface area contributed by atoms with Crippen molar-refractivity contribution in [1.82, 2.24) is 0 Å².